The second-order valence-electron chi connectivity index (χ2n) is 5.51. The highest BCUT2D eigenvalue weighted by Crippen LogP contribution is 2.33. The molecule has 0 aromatic carbocycles. The van der Waals surface area contributed by atoms with Crippen LogP contribution in [0.4, 0.5) is 0 Å². The average molecular weight is 424 g/mol. The first-order valence-electron chi connectivity index (χ1n) is 6.86. The van der Waals surface area contributed by atoms with E-state index in [-0.39, 0.29) is 5.91 Å². The number of carbonyl (C=O) groups is 1. The van der Waals surface area contributed by atoms with E-state index >= 15 is 0 Å². The molecule has 0 radical (unpaired) electrons. The van der Waals surface area contributed by atoms with E-state index in [9.17, 15) is 4.79 Å². The van der Waals surface area contributed by atoms with E-state index in [4.69, 9.17) is 0 Å². The first kappa shape index (κ1) is 16.5. The van der Waals surface area contributed by atoms with Gasteiger partial charge in [-0.2, -0.15) is 0 Å². The summed E-state index contributed by atoms with van der Waals surface area (Å²) in [5.74, 6) is 0.129. The molecule has 1 aliphatic heterocycles. The van der Waals surface area contributed by atoms with Crippen LogP contribution in [0.2, 0.25) is 0 Å². The Balaban J connectivity index is 1.98. The van der Waals surface area contributed by atoms with Crippen molar-refractivity contribution in [2.75, 3.05) is 20.1 Å². The fourth-order valence-corrected chi connectivity index (χ4v) is 4.60. The minimum Gasteiger partial charge on any atom is -0.338 e. The lowest BCUT2D eigenvalue weighted by Crippen LogP contribution is -2.47. The van der Waals surface area contributed by atoms with Gasteiger partial charge in [0.2, 0.25) is 0 Å². The minimum absolute atomic E-state index is 0.129. The van der Waals surface area contributed by atoms with Gasteiger partial charge in [0.25, 0.3) is 5.91 Å². The number of hydrogen-bond acceptors (Lipinski definition) is 3. The molecule has 2 heterocycles. The maximum Gasteiger partial charge on any atom is 0.263 e. The van der Waals surface area contributed by atoms with Crippen LogP contribution < -0.4 is 0 Å². The van der Waals surface area contributed by atoms with Gasteiger partial charge in [-0.3, -0.25) is 4.79 Å². The Morgan fingerprint density at radius 1 is 1.40 bits per heavy atom. The number of amides is 1. The highest BCUT2D eigenvalue weighted by Gasteiger charge is 2.27. The zero-order valence-electron chi connectivity index (χ0n) is 12.0. The van der Waals surface area contributed by atoms with E-state index in [2.05, 4.69) is 50.6 Å². The van der Waals surface area contributed by atoms with Crippen molar-refractivity contribution in [2.45, 2.75) is 38.8 Å². The molecule has 0 bridgehead atoms. The summed E-state index contributed by atoms with van der Waals surface area (Å²) >= 11 is 8.38. The van der Waals surface area contributed by atoms with Gasteiger partial charge in [0.1, 0.15) is 0 Å². The van der Waals surface area contributed by atoms with Crippen LogP contribution in [0.3, 0.4) is 0 Å². The summed E-state index contributed by atoms with van der Waals surface area (Å²) < 4.78 is 1.93. The van der Waals surface area contributed by atoms with Gasteiger partial charge in [0.15, 0.2) is 0 Å². The third-order valence-electron chi connectivity index (χ3n) is 3.95. The number of likely N-dealkylation sites (tertiary alicyclic amines) is 1. The molecule has 1 aliphatic rings. The summed E-state index contributed by atoms with van der Waals surface area (Å²) in [6.07, 6.45) is 2.13. The molecule has 1 saturated heterocycles. The second-order valence-corrected chi connectivity index (χ2v) is 8.73. The van der Waals surface area contributed by atoms with Crippen LogP contribution in [-0.4, -0.2) is 47.9 Å². The molecule has 0 saturated carbocycles. The number of piperidine rings is 1. The smallest absolute Gasteiger partial charge is 0.263 e. The Morgan fingerprint density at radius 2 is 2.00 bits per heavy atom. The van der Waals surface area contributed by atoms with Crippen molar-refractivity contribution in [3.8, 4) is 0 Å². The average Bonchev–Trinajstić information content (AvgIpc) is 2.77. The van der Waals surface area contributed by atoms with Crippen LogP contribution in [0.5, 0.6) is 0 Å². The Labute approximate surface area is 141 Å². The summed E-state index contributed by atoms with van der Waals surface area (Å²) in [7, 11) is 1.93. The van der Waals surface area contributed by atoms with Crippen molar-refractivity contribution in [3.63, 3.8) is 0 Å². The molecule has 1 amide bonds. The minimum atomic E-state index is 0.129. The SMILES string of the molecule is CC(C)N1CCC(N(C)C(=O)c2cc(Br)c(Br)s2)CC1. The molecule has 1 aromatic rings. The van der Waals surface area contributed by atoms with Crippen molar-refractivity contribution in [1.29, 1.82) is 0 Å². The van der Waals surface area contributed by atoms with Gasteiger partial charge in [-0.15, -0.1) is 11.3 Å². The van der Waals surface area contributed by atoms with E-state index in [1.165, 1.54) is 11.3 Å². The van der Waals surface area contributed by atoms with Gasteiger partial charge >= 0.3 is 0 Å². The monoisotopic (exact) mass is 422 g/mol. The molecule has 1 fully saturated rings. The fraction of sp³-hybridized carbons (Fsp3) is 0.643. The molecule has 0 spiro atoms. The maximum atomic E-state index is 12.5. The van der Waals surface area contributed by atoms with Gasteiger partial charge in [-0.25, -0.2) is 0 Å². The van der Waals surface area contributed by atoms with Gasteiger partial charge < -0.3 is 9.80 Å². The van der Waals surface area contributed by atoms with E-state index in [0.29, 0.717) is 12.1 Å². The molecule has 0 aliphatic carbocycles. The van der Waals surface area contributed by atoms with Crippen LogP contribution in [0, 0.1) is 0 Å². The van der Waals surface area contributed by atoms with Crippen LogP contribution in [-0.2, 0) is 0 Å². The summed E-state index contributed by atoms with van der Waals surface area (Å²) in [6.45, 7) is 6.63. The van der Waals surface area contributed by atoms with Crippen molar-refractivity contribution in [3.05, 3.63) is 19.2 Å². The largest absolute Gasteiger partial charge is 0.338 e. The summed E-state index contributed by atoms with van der Waals surface area (Å²) in [6, 6.07) is 2.86. The van der Waals surface area contributed by atoms with Crippen molar-refractivity contribution < 1.29 is 4.79 Å². The predicted molar refractivity (Wildman–Crippen MR) is 91.5 cm³/mol. The number of nitrogens with zero attached hydrogens (tertiary/aromatic N) is 2. The van der Waals surface area contributed by atoms with Crippen LogP contribution in [0.25, 0.3) is 0 Å². The Hall–Kier alpha value is 0.0900. The van der Waals surface area contributed by atoms with Crippen LogP contribution >= 0.6 is 43.2 Å². The standard InChI is InChI=1S/C14H20Br2N2OS/c1-9(2)18-6-4-10(5-7-18)17(3)14(19)12-8-11(15)13(16)20-12/h8-10H,4-7H2,1-3H3. The molecular formula is C14H20Br2N2OS. The lowest BCUT2D eigenvalue weighted by atomic mass is 10.0. The van der Waals surface area contributed by atoms with Crippen LogP contribution in [0.1, 0.15) is 36.4 Å². The molecule has 2 rings (SSSR count). The van der Waals surface area contributed by atoms with Crippen LogP contribution in [0.15, 0.2) is 14.3 Å². The normalized spacial score (nSPS) is 17.7. The zero-order valence-corrected chi connectivity index (χ0v) is 16.0. The Morgan fingerprint density at radius 3 is 2.45 bits per heavy atom. The van der Waals surface area contributed by atoms with E-state index < -0.39 is 0 Å². The summed E-state index contributed by atoms with van der Waals surface area (Å²) in [5.41, 5.74) is 0. The van der Waals surface area contributed by atoms with Crippen molar-refractivity contribution in [2.24, 2.45) is 0 Å². The zero-order chi connectivity index (χ0) is 14.9. The molecule has 3 nitrogen and oxygen atoms in total. The second kappa shape index (κ2) is 6.90. The fourth-order valence-electron chi connectivity index (χ4n) is 2.58. The molecule has 0 N–H and O–H groups in total. The van der Waals surface area contributed by atoms with E-state index in [1.54, 1.807) is 0 Å². The third-order valence-corrected chi connectivity index (χ3v) is 7.20. The quantitative estimate of drug-likeness (QED) is 0.726. The summed E-state index contributed by atoms with van der Waals surface area (Å²) in [4.78, 5) is 17.7. The molecular weight excluding hydrogens is 404 g/mol. The molecule has 0 unspecified atom stereocenters. The number of carbonyl (C=O) groups excluding carboxylic acids is 1. The maximum absolute atomic E-state index is 12.5. The molecule has 1 aromatic heterocycles. The highest BCUT2D eigenvalue weighted by atomic mass is 79.9. The first-order valence-corrected chi connectivity index (χ1v) is 9.26. The van der Waals surface area contributed by atoms with Gasteiger partial charge in [0.05, 0.1) is 8.66 Å². The third kappa shape index (κ3) is 3.64. The number of thiophene rings is 1. The number of halogens is 2. The lowest BCUT2D eigenvalue weighted by molar-refractivity contribution is 0.0620. The molecule has 0 atom stereocenters. The predicted octanol–water partition coefficient (Wildman–Crippen LogP) is 4.22. The molecule has 112 valence electrons. The summed E-state index contributed by atoms with van der Waals surface area (Å²) in [5, 5.41) is 0. The van der Waals surface area contributed by atoms with Gasteiger partial charge in [0, 0.05) is 36.7 Å². The molecule has 20 heavy (non-hydrogen) atoms. The number of rotatable bonds is 3. The lowest BCUT2D eigenvalue weighted by Gasteiger charge is -2.38. The topological polar surface area (TPSA) is 23.6 Å². The van der Waals surface area contributed by atoms with Gasteiger partial charge in [-0.1, -0.05) is 0 Å². The Bertz CT molecular complexity index is 462. The van der Waals surface area contributed by atoms with Crippen molar-refractivity contribution in [1.82, 2.24) is 9.80 Å². The van der Waals surface area contributed by atoms with E-state index in [0.717, 1.165) is 39.1 Å². The molecule has 6 heteroatoms. The number of hydrogen-bond donors (Lipinski definition) is 0. The Kier molecular flexibility index (Phi) is 5.68. The van der Waals surface area contributed by atoms with E-state index in [1.807, 2.05) is 18.0 Å². The first-order chi connectivity index (χ1) is 9.40. The van der Waals surface area contributed by atoms with Crippen molar-refractivity contribution >= 4 is 49.1 Å². The van der Waals surface area contributed by atoms with Gasteiger partial charge in [-0.05, 0) is 64.6 Å². The highest BCUT2D eigenvalue weighted by molar-refractivity contribution is 9.13.